The molecule has 14 nitrogen and oxygen atoms in total. The van der Waals surface area contributed by atoms with Crippen molar-refractivity contribution in [2.75, 3.05) is 42.9 Å². The molecule has 7 rings (SSSR count). The van der Waals surface area contributed by atoms with Crippen molar-refractivity contribution >= 4 is 34.9 Å². The third-order valence-corrected chi connectivity index (χ3v) is 10.7. The molecular formula is C37H48N10O4. The summed E-state index contributed by atoms with van der Waals surface area (Å²) in [5.74, 6) is 0.823. The minimum atomic E-state index is -1.15. The summed E-state index contributed by atoms with van der Waals surface area (Å²) in [5.41, 5.74) is 2.89. The van der Waals surface area contributed by atoms with Gasteiger partial charge in [-0.1, -0.05) is 67.6 Å². The molecule has 1 saturated carbocycles. The van der Waals surface area contributed by atoms with E-state index in [0.717, 1.165) is 37.1 Å². The summed E-state index contributed by atoms with van der Waals surface area (Å²) in [6.07, 6.45) is 1.56. The van der Waals surface area contributed by atoms with Crippen molar-refractivity contribution in [1.29, 1.82) is 0 Å². The van der Waals surface area contributed by atoms with Crippen LogP contribution >= 0.6 is 0 Å². The van der Waals surface area contributed by atoms with E-state index in [1.54, 1.807) is 17.8 Å². The van der Waals surface area contributed by atoms with Crippen molar-refractivity contribution in [3.8, 4) is 0 Å². The molecule has 7 N–H and O–H groups in total. The molecule has 2 aromatic heterocycles. The molecule has 0 radical (unpaired) electrons. The molecule has 2 saturated heterocycles. The summed E-state index contributed by atoms with van der Waals surface area (Å²) >= 11 is 0. The summed E-state index contributed by atoms with van der Waals surface area (Å²) in [4.78, 5) is 41.8. The predicted octanol–water partition coefficient (Wildman–Crippen LogP) is 2.05. The average molecular weight is 697 g/mol. The van der Waals surface area contributed by atoms with Crippen LogP contribution in [-0.4, -0.2) is 105 Å². The molecule has 3 aliphatic rings. The number of anilines is 2. The Labute approximate surface area is 297 Å². The fraction of sp³-hybridized carbons (Fsp3) is 0.486. The van der Waals surface area contributed by atoms with Gasteiger partial charge in [0.2, 0.25) is 11.9 Å². The van der Waals surface area contributed by atoms with Crippen molar-refractivity contribution in [3.63, 3.8) is 0 Å². The Morgan fingerprint density at radius 1 is 0.941 bits per heavy atom. The van der Waals surface area contributed by atoms with Gasteiger partial charge in [-0.25, -0.2) is 9.78 Å². The second-order valence-electron chi connectivity index (χ2n) is 14.2. The number of rotatable bonds is 11. The average Bonchev–Trinajstić information content (AvgIpc) is 3.97. The van der Waals surface area contributed by atoms with Crippen LogP contribution < -0.4 is 31.5 Å². The van der Waals surface area contributed by atoms with E-state index >= 15 is 0 Å². The summed E-state index contributed by atoms with van der Waals surface area (Å²) < 4.78 is 1.79. The highest BCUT2D eigenvalue weighted by Crippen LogP contribution is 2.36. The number of hydrogen-bond acceptors (Lipinski definition) is 10. The predicted molar refractivity (Wildman–Crippen MR) is 195 cm³/mol. The van der Waals surface area contributed by atoms with Gasteiger partial charge in [-0.2, -0.15) is 9.97 Å². The molecular weight excluding hydrogens is 648 g/mol. The first-order valence-electron chi connectivity index (χ1n) is 18.0. The molecule has 0 spiro atoms. The minimum absolute atomic E-state index is 0.0887. The maximum atomic E-state index is 12.8. The molecule has 4 aromatic rings. The first-order chi connectivity index (χ1) is 24.7. The molecule has 4 heterocycles. The van der Waals surface area contributed by atoms with Gasteiger partial charge in [0.15, 0.2) is 17.0 Å². The van der Waals surface area contributed by atoms with Crippen LogP contribution in [0, 0.1) is 0 Å². The first kappa shape index (κ1) is 34.6. The highest BCUT2D eigenvalue weighted by Gasteiger charge is 2.44. The van der Waals surface area contributed by atoms with Crippen LogP contribution in [-0.2, 0) is 10.2 Å². The lowest BCUT2D eigenvalue weighted by Gasteiger charge is -2.31. The number of urea groups is 1. The Kier molecular flexibility index (Phi) is 10.1. The van der Waals surface area contributed by atoms with Gasteiger partial charge < -0.3 is 46.3 Å². The molecule has 1 unspecified atom stereocenters. The highest BCUT2D eigenvalue weighted by molar-refractivity contribution is 5.85. The number of imidazole rings is 1. The zero-order chi connectivity index (χ0) is 35.5. The monoisotopic (exact) mass is 696 g/mol. The van der Waals surface area contributed by atoms with Crippen LogP contribution in [0.25, 0.3) is 11.2 Å². The van der Waals surface area contributed by atoms with Gasteiger partial charge in [0, 0.05) is 50.1 Å². The molecule has 51 heavy (non-hydrogen) atoms. The number of carbonyl (C=O) groups is 2. The van der Waals surface area contributed by atoms with Crippen molar-refractivity contribution in [2.45, 2.75) is 81.3 Å². The normalized spacial score (nSPS) is 24.9. The van der Waals surface area contributed by atoms with Gasteiger partial charge in [-0.3, -0.25) is 4.79 Å². The Bertz CT molecular complexity index is 1780. The number of nitrogens with zero attached hydrogens (tertiary/aromatic N) is 5. The van der Waals surface area contributed by atoms with E-state index in [1.807, 2.05) is 36.4 Å². The van der Waals surface area contributed by atoms with Crippen LogP contribution in [0.4, 0.5) is 16.6 Å². The van der Waals surface area contributed by atoms with E-state index in [2.05, 4.69) is 62.7 Å². The summed E-state index contributed by atoms with van der Waals surface area (Å²) in [6.45, 7) is 7.28. The lowest BCUT2D eigenvalue weighted by Crippen LogP contribution is -2.47. The van der Waals surface area contributed by atoms with Crippen molar-refractivity contribution in [2.24, 2.45) is 0 Å². The Morgan fingerprint density at radius 2 is 1.65 bits per heavy atom. The van der Waals surface area contributed by atoms with Gasteiger partial charge in [0.1, 0.15) is 12.2 Å². The second-order valence-corrected chi connectivity index (χ2v) is 14.2. The zero-order valence-electron chi connectivity index (χ0n) is 29.1. The van der Waals surface area contributed by atoms with Gasteiger partial charge in [0.25, 0.3) is 0 Å². The number of amides is 3. The zero-order valence-corrected chi connectivity index (χ0v) is 29.1. The Balaban J connectivity index is 1.20. The molecule has 0 bridgehead atoms. The number of benzene rings is 2. The van der Waals surface area contributed by atoms with Crippen molar-refractivity contribution in [1.82, 2.24) is 40.8 Å². The van der Waals surface area contributed by atoms with E-state index in [4.69, 9.17) is 15.0 Å². The SMILES string of the molecule is CCC(=O)N[C@H]1CC(n2cnc3c(NCC(C)(c4ccccc4)c4ccccc4)nc(N4CC[C@@H](NC(=O)N[C@H]5CCNC5)C4)nc32)[C@H](O)[C@@H]1O. The summed E-state index contributed by atoms with van der Waals surface area (Å²) in [6, 6.07) is 19.4. The molecule has 3 fully saturated rings. The number of nitrogens with one attached hydrogen (secondary N) is 5. The Morgan fingerprint density at radius 3 is 2.31 bits per heavy atom. The first-order valence-corrected chi connectivity index (χ1v) is 18.0. The van der Waals surface area contributed by atoms with E-state index in [0.29, 0.717) is 49.0 Å². The fourth-order valence-electron chi connectivity index (χ4n) is 7.64. The minimum Gasteiger partial charge on any atom is -0.388 e. The third kappa shape index (κ3) is 7.21. The molecule has 14 heteroatoms. The summed E-state index contributed by atoms with van der Waals surface area (Å²) in [5, 5.41) is 38.0. The molecule has 2 aliphatic heterocycles. The van der Waals surface area contributed by atoms with Crippen LogP contribution in [0.15, 0.2) is 67.0 Å². The van der Waals surface area contributed by atoms with Crippen LogP contribution in [0.3, 0.4) is 0 Å². The highest BCUT2D eigenvalue weighted by atomic mass is 16.3. The summed E-state index contributed by atoms with van der Waals surface area (Å²) in [7, 11) is 0. The van der Waals surface area contributed by atoms with Gasteiger partial charge in [-0.15, -0.1) is 0 Å². The largest absolute Gasteiger partial charge is 0.388 e. The topological polar surface area (TPSA) is 182 Å². The fourth-order valence-corrected chi connectivity index (χ4v) is 7.64. The maximum absolute atomic E-state index is 12.8. The molecule has 2 aromatic carbocycles. The second kappa shape index (κ2) is 14.8. The molecule has 6 atom stereocenters. The van der Waals surface area contributed by atoms with Crippen molar-refractivity contribution < 1.29 is 19.8 Å². The van der Waals surface area contributed by atoms with E-state index < -0.39 is 29.7 Å². The smallest absolute Gasteiger partial charge is 0.315 e. The standard InChI is InChI=1S/C37H48N10O4/c1-3-29(48)43-27-18-28(32(50)31(27)49)47-22-40-30-33(39-21-37(2,23-10-6-4-7-11-23)24-12-8-5-9-13-24)44-35(45-34(30)47)46-17-15-26(20-46)42-36(51)41-25-14-16-38-19-25/h4-13,22,25-28,31-32,38,49-50H,3,14-21H2,1-2H3,(H,43,48)(H,39,44,45)(H2,41,42,51)/t25-,26+,27-,28?,31+,32-/m0/s1. The number of aliphatic hydroxyl groups is 2. The maximum Gasteiger partial charge on any atom is 0.315 e. The van der Waals surface area contributed by atoms with E-state index in [9.17, 15) is 19.8 Å². The lowest BCUT2D eigenvalue weighted by atomic mass is 9.76. The van der Waals surface area contributed by atoms with Crippen LogP contribution in [0.2, 0.25) is 0 Å². The van der Waals surface area contributed by atoms with Crippen LogP contribution in [0.5, 0.6) is 0 Å². The number of aromatic nitrogens is 4. The number of fused-ring (bicyclic) bond motifs is 1. The van der Waals surface area contributed by atoms with Crippen molar-refractivity contribution in [3.05, 3.63) is 78.1 Å². The quantitative estimate of drug-likeness (QED) is 0.123. The molecule has 1 aliphatic carbocycles. The van der Waals surface area contributed by atoms with E-state index in [-0.39, 0.29) is 30.4 Å². The molecule has 270 valence electrons. The lowest BCUT2D eigenvalue weighted by molar-refractivity contribution is -0.122. The third-order valence-electron chi connectivity index (χ3n) is 10.7. The Hall–Kier alpha value is -4.79. The molecule has 3 amide bonds. The van der Waals surface area contributed by atoms with Gasteiger partial charge in [-0.05, 0) is 43.9 Å². The van der Waals surface area contributed by atoms with Gasteiger partial charge >= 0.3 is 6.03 Å². The number of hydrogen-bond donors (Lipinski definition) is 7. The van der Waals surface area contributed by atoms with Crippen LogP contribution in [0.1, 0.15) is 56.7 Å². The van der Waals surface area contributed by atoms with Gasteiger partial charge in [0.05, 0.1) is 18.4 Å². The number of carbonyl (C=O) groups excluding carboxylic acids is 2. The van der Waals surface area contributed by atoms with E-state index in [1.165, 1.54) is 0 Å². The number of aliphatic hydroxyl groups excluding tert-OH is 2.